The highest BCUT2D eigenvalue weighted by Crippen LogP contribution is 2.18. The molecule has 0 heterocycles. The summed E-state index contributed by atoms with van der Waals surface area (Å²) in [6, 6.07) is 3.88. The quantitative estimate of drug-likeness (QED) is 0.856. The maximum absolute atomic E-state index is 13.5. The molecule has 0 unspecified atom stereocenters. The van der Waals surface area contributed by atoms with E-state index in [-0.39, 0.29) is 4.90 Å². The van der Waals surface area contributed by atoms with E-state index < -0.39 is 15.8 Å². The van der Waals surface area contributed by atoms with E-state index in [1.165, 1.54) is 29.6 Å². The summed E-state index contributed by atoms with van der Waals surface area (Å²) >= 11 is 0. The molecule has 0 amide bonds. The lowest BCUT2D eigenvalue weighted by molar-refractivity contribution is 0.485. The molecule has 18 heavy (non-hydrogen) atoms. The van der Waals surface area contributed by atoms with Gasteiger partial charge in [-0.15, -0.1) is 0 Å². The Labute approximate surface area is 108 Å². The number of halogens is 1. The number of hydrogen-bond donors (Lipinski definition) is 1. The minimum atomic E-state index is -3.51. The van der Waals surface area contributed by atoms with E-state index in [0.29, 0.717) is 25.2 Å². The first-order valence-corrected chi connectivity index (χ1v) is 7.33. The predicted molar refractivity (Wildman–Crippen MR) is 69.3 cm³/mol. The normalized spacial score (nSPS) is 12.1. The summed E-state index contributed by atoms with van der Waals surface area (Å²) in [5.41, 5.74) is 0.363. The molecule has 102 valence electrons. The molecule has 0 fully saturated rings. The second-order valence-electron chi connectivity index (χ2n) is 3.95. The van der Waals surface area contributed by atoms with E-state index in [1.54, 1.807) is 6.92 Å². The van der Waals surface area contributed by atoms with Gasteiger partial charge in [-0.05, 0) is 24.7 Å². The van der Waals surface area contributed by atoms with Crippen LogP contribution in [0, 0.1) is 5.82 Å². The van der Waals surface area contributed by atoms with Gasteiger partial charge in [-0.3, -0.25) is 0 Å². The lowest BCUT2D eigenvalue weighted by Crippen LogP contribution is -2.26. The average Bonchev–Trinajstić information content (AvgIpc) is 2.36. The highest BCUT2D eigenvalue weighted by molar-refractivity contribution is 7.89. The Morgan fingerprint density at radius 3 is 2.56 bits per heavy atom. The van der Waals surface area contributed by atoms with Crippen LogP contribution in [0.15, 0.2) is 23.1 Å². The van der Waals surface area contributed by atoms with Crippen LogP contribution < -0.4 is 5.32 Å². The number of sulfonamides is 1. The Bertz CT molecular complexity index is 503. The Morgan fingerprint density at radius 2 is 2.00 bits per heavy atom. The predicted octanol–water partition coefficient (Wildman–Crippen LogP) is 1.58. The first-order chi connectivity index (χ1) is 8.43. The van der Waals surface area contributed by atoms with Gasteiger partial charge in [0, 0.05) is 25.7 Å². The van der Waals surface area contributed by atoms with Gasteiger partial charge in [-0.2, -0.15) is 0 Å². The molecule has 0 aliphatic rings. The summed E-state index contributed by atoms with van der Waals surface area (Å²) in [6.45, 7) is 5.05. The smallest absolute Gasteiger partial charge is 0.242 e. The van der Waals surface area contributed by atoms with E-state index in [4.69, 9.17) is 0 Å². The summed E-state index contributed by atoms with van der Waals surface area (Å²) < 4.78 is 38.9. The fraction of sp³-hybridized carbons (Fsp3) is 0.500. The molecule has 0 spiro atoms. The summed E-state index contributed by atoms with van der Waals surface area (Å²) in [7, 11) is -2.01. The van der Waals surface area contributed by atoms with Gasteiger partial charge in [-0.1, -0.05) is 13.8 Å². The van der Waals surface area contributed by atoms with Crippen molar-refractivity contribution in [1.82, 2.24) is 9.62 Å². The first-order valence-electron chi connectivity index (χ1n) is 5.89. The van der Waals surface area contributed by atoms with E-state index >= 15 is 0 Å². The number of hydrogen-bond acceptors (Lipinski definition) is 3. The largest absolute Gasteiger partial charge is 0.313 e. The monoisotopic (exact) mass is 274 g/mol. The van der Waals surface area contributed by atoms with Crippen molar-refractivity contribution in [2.75, 3.05) is 20.1 Å². The zero-order valence-electron chi connectivity index (χ0n) is 10.9. The highest BCUT2D eigenvalue weighted by Gasteiger charge is 2.20. The Balaban J connectivity index is 3.12. The van der Waals surface area contributed by atoms with E-state index in [2.05, 4.69) is 5.32 Å². The fourth-order valence-corrected chi connectivity index (χ4v) is 2.69. The van der Waals surface area contributed by atoms with E-state index in [9.17, 15) is 12.8 Å². The lowest BCUT2D eigenvalue weighted by atomic mass is 10.2. The molecular formula is C12H19FN2O2S. The lowest BCUT2D eigenvalue weighted by Gasteiger charge is -2.15. The summed E-state index contributed by atoms with van der Waals surface area (Å²) in [5, 5.41) is 2.98. The molecule has 6 heteroatoms. The van der Waals surface area contributed by atoms with Crippen molar-refractivity contribution >= 4 is 10.0 Å². The van der Waals surface area contributed by atoms with Crippen LogP contribution in [-0.4, -0.2) is 32.9 Å². The van der Waals surface area contributed by atoms with Crippen LogP contribution >= 0.6 is 0 Å². The van der Waals surface area contributed by atoms with Gasteiger partial charge in [0.2, 0.25) is 10.0 Å². The molecule has 0 atom stereocenters. The average molecular weight is 274 g/mol. The third-order valence-electron chi connectivity index (χ3n) is 2.74. The van der Waals surface area contributed by atoms with Gasteiger partial charge < -0.3 is 5.32 Å². The molecule has 0 aliphatic carbocycles. The summed E-state index contributed by atoms with van der Waals surface area (Å²) in [4.78, 5) is 0.126. The van der Waals surface area contributed by atoms with Crippen molar-refractivity contribution in [1.29, 1.82) is 0 Å². The molecule has 4 nitrogen and oxygen atoms in total. The second-order valence-corrected chi connectivity index (χ2v) is 6.00. The molecule has 0 saturated heterocycles. The van der Waals surface area contributed by atoms with Gasteiger partial charge in [0.25, 0.3) is 0 Å². The van der Waals surface area contributed by atoms with Gasteiger partial charge in [0.1, 0.15) is 5.82 Å². The van der Waals surface area contributed by atoms with Crippen molar-refractivity contribution in [2.24, 2.45) is 0 Å². The van der Waals surface area contributed by atoms with Crippen LogP contribution in [-0.2, 0) is 16.6 Å². The zero-order chi connectivity index (χ0) is 13.8. The minimum Gasteiger partial charge on any atom is -0.313 e. The fourth-order valence-electron chi connectivity index (χ4n) is 1.46. The first kappa shape index (κ1) is 15.1. The maximum Gasteiger partial charge on any atom is 0.242 e. The van der Waals surface area contributed by atoms with Crippen LogP contribution in [0.4, 0.5) is 4.39 Å². The summed E-state index contributed by atoms with van der Waals surface area (Å²) in [6.07, 6.45) is 0. The second kappa shape index (κ2) is 6.26. The van der Waals surface area contributed by atoms with Crippen LogP contribution in [0.2, 0.25) is 0 Å². The standard InChI is InChI=1S/C12H19FN2O2S/c1-4-14-9-10-8-11(6-7-12(10)13)18(16,17)15(3)5-2/h6-8,14H,4-5,9H2,1-3H3. The van der Waals surface area contributed by atoms with Crippen molar-refractivity contribution < 1.29 is 12.8 Å². The molecule has 1 aromatic carbocycles. The zero-order valence-corrected chi connectivity index (χ0v) is 11.7. The van der Waals surface area contributed by atoms with Crippen molar-refractivity contribution in [3.05, 3.63) is 29.6 Å². The Morgan fingerprint density at radius 1 is 1.33 bits per heavy atom. The van der Waals surface area contributed by atoms with Gasteiger partial charge in [0.15, 0.2) is 0 Å². The van der Waals surface area contributed by atoms with Gasteiger partial charge in [0.05, 0.1) is 4.90 Å². The van der Waals surface area contributed by atoms with E-state index in [1.807, 2.05) is 6.92 Å². The van der Waals surface area contributed by atoms with Crippen molar-refractivity contribution in [3.8, 4) is 0 Å². The molecule has 1 rings (SSSR count). The SMILES string of the molecule is CCNCc1cc(S(=O)(=O)N(C)CC)ccc1F. The molecule has 0 saturated carbocycles. The molecule has 1 aromatic rings. The van der Waals surface area contributed by atoms with Gasteiger partial charge >= 0.3 is 0 Å². The van der Waals surface area contributed by atoms with Gasteiger partial charge in [-0.25, -0.2) is 17.1 Å². The van der Waals surface area contributed by atoms with Crippen LogP contribution in [0.1, 0.15) is 19.4 Å². The number of nitrogens with one attached hydrogen (secondary N) is 1. The minimum absolute atomic E-state index is 0.126. The number of nitrogens with zero attached hydrogens (tertiary/aromatic N) is 1. The topological polar surface area (TPSA) is 49.4 Å². The van der Waals surface area contributed by atoms with Crippen molar-refractivity contribution in [3.63, 3.8) is 0 Å². The molecule has 0 radical (unpaired) electrons. The van der Waals surface area contributed by atoms with Crippen molar-refractivity contribution in [2.45, 2.75) is 25.3 Å². The third-order valence-corrected chi connectivity index (χ3v) is 4.66. The Kier molecular flexibility index (Phi) is 5.25. The number of benzene rings is 1. The van der Waals surface area contributed by atoms with E-state index in [0.717, 1.165) is 0 Å². The molecular weight excluding hydrogens is 255 g/mol. The maximum atomic E-state index is 13.5. The molecule has 0 aliphatic heterocycles. The van der Waals surface area contributed by atoms with Crippen LogP contribution in [0.5, 0.6) is 0 Å². The summed E-state index contributed by atoms with van der Waals surface area (Å²) in [5.74, 6) is -0.394. The molecule has 0 aromatic heterocycles. The molecule has 0 bridgehead atoms. The van der Waals surface area contributed by atoms with Crippen LogP contribution in [0.3, 0.4) is 0 Å². The van der Waals surface area contributed by atoms with Crippen LogP contribution in [0.25, 0.3) is 0 Å². The molecule has 1 N–H and O–H groups in total. The number of rotatable bonds is 6. The highest BCUT2D eigenvalue weighted by atomic mass is 32.2. The Hall–Kier alpha value is -0.980. The third kappa shape index (κ3) is 3.28.